The summed E-state index contributed by atoms with van der Waals surface area (Å²) >= 11 is 0. The summed E-state index contributed by atoms with van der Waals surface area (Å²) in [7, 11) is 0. The molecule has 0 spiro atoms. The summed E-state index contributed by atoms with van der Waals surface area (Å²) < 4.78 is 5.64. The minimum atomic E-state index is -0.492. The highest BCUT2D eigenvalue weighted by Crippen LogP contribution is 2.23. The molecule has 7 nitrogen and oxygen atoms in total. The quantitative estimate of drug-likeness (QED) is 0.678. The molecule has 0 unspecified atom stereocenters. The molecular formula is C22H17N3O4. The van der Waals surface area contributed by atoms with Gasteiger partial charge < -0.3 is 10.1 Å². The third-order valence-electron chi connectivity index (χ3n) is 4.44. The Labute approximate surface area is 166 Å². The van der Waals surface area contributed by atoms with Crippen LogP contribution in [0, 0.1) is 6.92 Å². The van der Waals surface area contributed by atoms with Crippen molar-refractivity contribution < 1.29 is 19.1 Å². The zero-order valence-electron chi connectivity index (χ0n) is 15.6. The highest BCUT2D eigenvalue weighted by atomic mass is 16.5. The van der Waals surface area contributed by atoms with Crippen molar-refractivity contribution >= 4 is 23.4 Å². The average molecular weight is 387 g/mol. The van der Waals surface area contributed by atoms with E-state index >= 15 is 0 Å². The molecule has 7 heteroatoms. The van der Waals surface area contributed by atoms with Crippen LogP contribution < -0.4 is 10.1 Å². The summed E-state index contributed by atoms with van der Waals surface area (Å²) in [6.07, 6.45) is 1.45. The number of carbonyl (C=O) groups excluding carboxylic acids is 3. The number of carbonyl (C=O) groups is 3. The number of nitrogens with zero attached hydrogens (tertiary/aromatic N) is 2. The van der Waals surface area contributed by atoms with Gasteiger partial charge in [0.15, 0.2) is 0 Å². The molecule has 0 fully saturated rings. The van der Waals surface area contributed by atoms with Gasteiger partial charge in [0, 0.05) is 6.07 Å². The van der Waals surface area contributed by atoms with Crippen molar-refractivity contribution in [1.82, 2.24) is 9.88 Å². The predicted octanol–water partition coefficient (Wildman–Crippen LogP) is 3.42. The molecule has 0 aliphatic carbocycles. The molecule has 2 heterocycles. The maximum Gasteiger partial charge on any atom is 0.262 e. The lowest BCUT2D eigenvalue weighted by Crippen LogP contribution is -2.37. The van der Waals surface area contributed by atoms with Gasteiger partial charge in [0.05, 0.1) is 23.0 Å². The van der Waals surface area contributed by atoms with E-state index in [4.69, 9.17) is 4.74 Å². The number of imide groups is 1. The van der Waals surface area contributed by atoms with Crippen molar-refractivity contribution in [2.45, 2.75) is 6.92 Å². The van der Waals surface area contributed by atoms with E-state index in [0.717, 1.165) is 10.5 Å². The summed E-state index contributed by atoms with van der Waals surface area (Å²) in [6, 6.07) is 17.3. The van der Waals surface area contributed by atoms with Gasteiger partial charge in [0.2, 0.25) is 11.8 Å². The van der Waals surface area contributed by atoms with Gasteiger partial charge in [-0.05, 0) is 37.3 Å². The topological polar surface area (TPSA) is 88.6 Å². The van der Waals surface area contributed by atoms with Crippen molar-refractivity contribution in [3.05, 3.63) is 83.6 Å². The van der Waals surface area contributed by atoms with E-state index in [2.05, 4.69) is 10.3 Å². The van der Waals surface area contributed by atoms with E-state index in [-0.39, 0.29) is 6.54 Å². The van der Waals surface area contributed by atoms with Crippen LogP contribution in [0.2, 0.25) is 0 Å². The Bertz CT molecular complexity index is 1060. The molecule has 144 valence electrons. The van der Waals surface area contributed by atoms with Crippen molar-refractivity contribution in [2.24, 2.45) is 0 Å². The molecule has 0 saturated carbocycles. The van der Waals surface area contributed by atoms with Gasteiger partial charge in [-0.2, -0.15) is 0 Å². The number of hydrogen-bond acceptors (Lipinski definition) is 5. The predicted molar refractivity (Wildman–Crippen MR) is 106 cm³/mol. The number of aromatic nitrogens is 1. The molecule has 1 N–H and O–H groups in total. The molecule has 0 radical (unpaired) electrons. The molecule has 29 heavy (non-hydrogen) atoms. The van der Waals surface area contributed by atoms with Crippen LogP contribution >= 0.6 is 0 Å². The second-order valence-electron chi connectivity index (χ2n) is 6.59. The van der Waals surface area contributed by atoms with Crippen LogP contribution in [0.15, 0.2) is 66.9 Å². The van der Waals surface area contributed by atoms with Gasteiger partial charge >= 0.3 is 0 Å². The van der Waals surface area contributed by atoms with Crippen LogP contribution in [-0.2, 0) is 4.79 Å². The van der Waals surface area contributed by atoms with E-state index in [1.165, 1.54) is 6.20 Å². The van der Waals surface area contributed by atoms with Crippen LogP contribution in [0.3, 0.4) is 0 Å². The van der Waals surface area contributed by atoms with Crippen molar-refractivity contribution in [3.63, 3.8) is 0 Å². The van der Waals surface area contributed by atoms with Crippen molar-refractivity contribution in [1.29, 1.82) is 0 Å². The molecule has 0 saturated heterocycles. The number of amides is 3. The molecule has 1 aliphatic heterocycles. The number of anilines is 1. The molecule has 0 bridgehead atoms. The second-order valence-corrected chi connectivity index (χ2v) is 6.59. The lowest BCUT2D eigenvalue weighted by atomic mass is 10.1. The normalized spacial score (nSPS) is 12.7. The first kappa shape index (κ1) is 18.4. The Morgan fingerprint density at radius 3 is 2.21 bits per heavy atom. The van der Waals surface area contributed by atoms with Gasteiger partial charge in [-0.15, -0.1) is 0 Å². The van der Waals surface area contributed by atoms with Crippen LogP contribution in [0.5, 0.6) is 11.6 Å². The van der Waals surface area contributed by atoms with Crippen molar-refractivity contribution in [2.75, 3.05) is 11.9 Å². The lowest BCUT2D eigenvalue weighted by Gasteiger charge is -2.13. The number of fused-ring (bicyclic) bond motifs is 1. The highest BCUT2D eigenvalue weighted by Gasteiger charge is 2.36. The zero-order valence-corrected chi connectivity index (χ0v) is 15.6. The van der Waals surface area contributed by atoms with E-state index in [1.807, 2.05) is 31.2 Å². The maximum absolute atomic E-state index is 12.3. The standard InChI is InChI=1S/C22H17N3O4/c1-14-6-9-16(10-7-14)29-20-11-8-15(12-23-20)24-19(26)13-25-21(27)17-4-2-3-5-18(17)22(25)28/h2-12H,13H2,1H3,(H,24,26). The number of hydrogen-bond donors (Lipinski definition) is 1. The monoisotopic (exact) mass is 387 g/mol. The van der Waals surface area contributed by atoms with E-state index < -0.39 is 17.7 Å². The number of rotatable bonds is 5. The minimum absolute atomic E-state index is 0.310. The Balaban J connectivity index is 1.37. The Morgan fingerprint density at radius 2 is 1.62 bits per heavy atom. The summed E-state index contributed by atoms with van der Waals surface area (Å²) in [5.41, 5.74) is 2.18. The molecule has 1 aromatic heterocycles. The van der Waals surface area contributed by atoms with Crippen LogP contribution in [0.1, 0.15) is 26.3 Å². The number of benzene rings is 2. The third-order valence-corrected chi connectivity index (χ3v) is 4.44. The molecule has 0 atom stereocenters. The fraction of sp³-hybridized carbons (Fsp3) is 0.0909. The fourth-order valence-electron chi connectivity index (χ4n) is 2.97. The summed E-state index contributed by atoms with van der Waals surface area (Å²) in [4.78, 5) is 42.1. The Hall–Kier alpha value is -4.00. The Morgan fingerprint density at radius 1 is 0.966 bits per heavy atom. The average Bonchev–Trinajstić information content (AvgIpc) is 2.96. The first-order valence-electron chi connectivity index (χ1n) is 8.97. The smallest absolute Gasteiger partial charge is 0.262 e. The van der Waals surface area contributed by atoms with Crippen molar-refractivity contribution in [3.8, 4) is 11.6 Å². The summed E-state index contributed by atoms with van der Waals surface area (Å²) in [6.45, 7) is 1.62. The van der Waals surface area contributed by atoms with Gasteiger partial charge in [-0.3, -0.25) is 19.3 Å². The first-order valence-corrected chi connectivity index (χ1v) is 8.97. The maximum atomic E-state index is 12.3. The first-order chi connectivity index (χ1) is 14.0. The zero-order chi connectivity index (χ0) is 20.4. The third kappa shape index (κ3) is 3.84. The van der Waals surface area contributed by atoms with Crippen LogP contribution in [0.4, 0.5) is 5.69 Å². The molecular weight excluding hydrogens is 370 g/mol. The minimum Gasteiger partial charge on any atom is -0.439 e. The van der Waals surface area contributed by atoms with E-state index in [0.29, 0.717) is 28.4 Å². The number of pyridine rings is 1. The molecule has 3 aromatic rings. The molecule has 4 rings (SSSR count). The van der Waals surface area contributed by atoms with Crippen LogP contribution in [0.25, 0.3) is 0 Å². The van der Waals surface area contributed by atoms with Gasteiger partial charge in [0.25, 0.3) is 11.8 Å². The summed E-state index contributed by atoms with van der Waals surface area (Å²) in [5.74, 6) is -0.396. The van der Waals surface area contributed by atoms with E-state index in [9.17, 15) is 14.4 Å². The van der Waals surface area contributed by atoms with Gasteiger partial charge in [-0.25, -0.2) is 4.98 Å². The highest BCUT2D eigenvalue weighted by molar-refractivity contribution is 6.22. The fourth-order valence-corrected chi connectivity index (χ4v) is 2.97. The largest absolute Gasteiger partial charge is 0.439 e. The Kier molecular flexibility index (Phi) is 4.78. The SMILES string of the molecule is Cc1ccc(Oc2ccc(NC(=O)CN3C(=O)c4ccccc4C3=O)cn2)cc1. The molecule has 1 aliphatic rings. The number of nitrogens with one attached hydrogen (secondary N) is 1. The second kappa shape index (κ2) is 7.55. The van der Waals surface area contributed by atoms with Gasteiger partial charge in [-0.1, -0.05) is 29.8 Å². The molecule has 2 aromatic carbocycles. The number of aryl methyl sites for hydroxylation is 1. The molecule has 3 amide bonds. The number of ether oxygens (including phenoxy) is 1. The van der Waals surface area contributed by atoms with E-state index in [1.54, 1.807) is 36.4 Å². The van der Waals surface area contributed by atoms with Gasteiger partial charge in [0.1, 0.15) is 12.3 Å². The summed E-state index contributed by atoms with van der Waals surface area (Å²) in [5, 5.41) is 2.63. The van der Waals surface area contributed by atoms with Crippen LogP contribution in [-0.4, -0.2) is 34.2 Å². The lowest BCUT2D eigenvalue weighted by molar-refractivity contribution is -0.116.